The normalized spacial score (nSPS) is 15.8. The first kappa shape index (κ1) is 9.65. The van der Waals surface area contributed by atoms with Gasteiger partial charge in [0, 0.05) is 0 Å². The van der Waals surface area contributed by atoms with Crippen LogP contribution in [-0.2, 0) is 18.7 Å². The first-order valence-electron chi connectivity index (χ1n) is 2.55. The molecule has 0 aromatic rings. The van der Waals surface area contributed by atoms with Gasteiger partial charge in [0.2, 0.25) is 0 Å². The van der Waals surface area contributed by atoms with E-state index in [1.165, 1.54) is 0 Å². The van der Waals surface area contributed by atoms with Gasteiger partial charge in [0.1, 0.15) is 0 Å². The highest BCUT2D eigenvalue weighted by molar-refractivity contribution is 7.47. The van der Waals surface area contributed by atoms with Crippen LogP contribution in [0.5, 0.6) is 0 Å². The van der Waals surface area contributed by atoms with Gasteiger partial charge in [0.05, 0.1) is 12.9 Å². The lowest BCUT2D eigenvalue weighted by molar-refractivity contribution is -0.217. The fourth-order valence-corrected chi connectivity index (χ4v) is 0.693. The summed E-state index contributed by atoms with van der Waals surface area (Å²) < 4.78 is 18.5. The molecule has 0 aliphatic carbocycles. The second-order valence-electron chi connectivity index (χ2n) is 1.22. The molecule has 0 saturated heterocycles. The van der Waals surface area contributed by atoms with Crippen LogP contribution in [-0.4, -0.2) is 11.5 Å². The summed E-state index contributed by atoms with van der Waals surface area (Å²) in [5.41, 5.74) is 0. The van der Waals surface area contributed by atoms with E-state index >= 15 is 0 Å². The van der Waals surface area contributed by atoms with Crippen molar-refractivity contribution in [2.24, 2.45) is 0 Å². The molecule has 0 radical (unpaired) electrons. The highest BCUT2D eigenvalue weighted by atomic mass is 31.2. The van der Waals surface area contributed by atoms with Gasteiger partial charge in [-0.3, -0.25) is 4.89 Å². The molecule has 1 N–H and O–H groups in total. The summed E-state index contributed by atoms with van der Waals surface area (Å²) in [5.74, 6) is 0. The third-order valence-corrected chi connectivity index (χ3v) is 1.18. The molecule has 10 heavy (non-hydrogen) atoms. The second-order valence-corrected chi connectivity index (χ2v) is 2.52. The highest BCUT2D eigenvalue weighted by Crippen LogP contribution is 2.43. The van der Waals surface area contributed by atoms with Crippen LogP contribution in [0.3, 0.4) is 0 Å². The SMILES string of the molecule is C=COP(=O)(O)OOCC. The van der Waals surface area contributed by atoms with E-state index in [0.717, 1.165) is 6.26 Å². The number of rotatable bonds is 5. The third-order valence-electron chi connectivity index (χ3n) is 0.472. The lowest BCUT2D eigenvalue weighted by Crippen LogP contribution is -1.92. The van der Waals surface area contributed by atoms with Crippen LogP contribution >= 0.6 is 7.82 Å². The Morgan fingerprint density at radius 1 is 1.80 bits per heavy atom. The molecule has 0 fully saturated rings. The van der Waals surface area contributed by atoms with E-state index in [-0.39, 0.29) is 6.61 Å². The predicted molar refractivity (Wildman–Crippen MR) is 33.8 cm³/mol. The Hall–Kier alpha value is -0.350. The zero-order valence-electron chi connectivity index (χ0n) is 5.52. The average molecular weight is 168 g/mol. The van der Waals surface area contributed by atoms with Gasteiger partial charge < -0.3 is 4.52 Å². The first-order chi connectivity index (χ1) is 4.62. The Balaban J connectivity index is 3.63. The van der Waals surface area contributed by atoms with E-state index in [4.69, 9.17) is 4.89 Å². The maximum Gasteiger partial charge on any atom is 0.554 e. The molecule has 6 heteroatoms. The van der Waals surface area contributed by atoms with Crippen LogP contribution in [0.15, 0.2) is 12.8 Å². The highest BCUT2D eigenvalue weighted by Gasteiger charge is 2.21. The molecule has 0 aromatic heterocycles. The van der Waals surface area contributed by atoms with Crippen LogP contribution in [0.4, 0.5) is 0 Å². The van der Waals surface area contributed by atoms with E-state index in [0.29, 0.717) is 0 Å². The molecule has 0 aromatic carbocycles. The minimum Gasteiger partial charge on any atom is -0.411 e. The third kappa shape index (κ3) is 4.52. The minimum absolute atomic E-state index is 0.172. The van der Waals surface area contributed by atoms with Crippen molar-refractivity contribution in [1.29, 1.82) is 0 Å². The molecule has 1 atom stereocenters. The van der Waals surface area contributed by atoms with Gasteiger partial charge in [-0.2, -0.15) is 0 Å². The number of phosphoric ester groups is 1. The van der Waals surface area contributed by atoms with E-state index in [2.05, 4.69) is 20.7 Å². The van der Waals surface area contributed by atoms with Crippen molar-refractivity contribution in [2.75, 3.05) is 6.61 Å². The van der Waals surface area contributed by atoms with E-state index < -0.39 is 7.82 Å². The fraction of sp³-hybridized carbons (Fsp3) is 0.500. The number of phosphoric acid groups is 1. The minimum atomic E-state index is -4.05. The van der Waals surface area contributed by atoms with Crippen molar-refractivity contribution in [1.82, 2.24) is 0 Å². The summed E-state index contributed by atoms with van der Waals surface area (Å²) in [6.45, 7) is 4.84. The van der Waals surface area contributed by atoms with Gasteiger partial charge >= 0.3 is 7.82 Å². The summed E-state index contributed by atoms with van der Waals surface area (Å²) in [6.07, 6.45) is 0.805. The van der Waals surface area contributed by atoms with Gasteiger partial charge in [-0.1, -0.05) is 6.58 Å². The number of hydrogen-bond acceptors (Lipinski definition) is 4. The summed E-state index contributed by atoms with van der Waals surface area (Å²) in [7, 11) is -4.05. The van der Waals surface area contributed by atoms with Crippen LogP contribution in [0.2, 0.25) is 0 Å². The molecular weight excluding hydrogens is 159 g/mol. The van der Waals surface area contributed by atoms with Crippen molar-refractivity contribution in [3.05, 3.63) is 12.8 Å². The molecule has 1 unspecified atom stereocenters. The zero-order valence-corrected chi connectivity index (χ0v) is 6.41. The molecule has 0 rings (SSSR count). The maximum atomic E-state index is 10.5. The molecule has 60 valence electrons. The van der Waals surface area contributed by atoms with E-state index in [9.17, 15) is 4.57 Å². The van der Waals surface area contributed by atoms with Crippen LogP contribution < -0.4 is 0 Å². The largest absolute Gasteiger partial charge is 0.554 e. The quantitative estimate of drug-likeness (QED) is 0.289. The van der Waals surface area contributed by atoms with Crippen molar-refractivity contribution in [3.8, 4) is 0 Å². The van der Waals surface area contributed by atoms with Gasteiger partial charge in [0.25, 0.3) is 0 Å². The fourth-order valence-electron chi connectivity index (χ4n) is 0.231. The van der Waals surface area contributed by atoms with Gasteiger partial charge in [-0.25, -0.2) is 9.45 Å². The molecule has 0 bridgehead atoms. The summed E-state index contributed by atoms with van der Waals surface area (Å²) >= 11 is 0. The monoisotopic (exact) mass is 168 g/mol. The average Bonchev–Trinajstić information content (AvgIpc) is 1.84. The standard InChI is InChI=1S/C4H9O5P/c1-3-7-9-10(5,6)8-4-2/h4H,2-3H2,1H3,(H,5,6). The smallest absolute Gasteiger partial charge is 0.411 e. The van der Waals surface area contributed by atoms with Crippen molar-refractivity contribution in [3.63, 3.8) is 0 Å². The summed E-state index contributed by atoms with van der Waals surface area (Å²) in [6, 6.07) is 0. The lowest BCUT2D eigenvalue weighted by atomic mass is 10.9. The van der Waals surface area contributed by atoms with E-state index in [1.807, 2.05) is 0 Å². The van der Waals surface area contributed by atoms with Crippen LogP contribution in [0, 0.1) is 0 Å². The zero-order chi connectivity index (χ0) is 8.04. The van der Waals surface area contributed by atoms with Crippen molar-refractivity contribution < 1.29 is 23.5 Å². The topological polar surface area (TPSA) is 65.0 Å². The van der Waals surface area contributed by atoms with E-state index in [1.54, 1.807) is 6.92 Å². The summed E-state index contributed by atoms with van der Waals surface area (Å²) in [4.78, 5) is 12.7. The Morgan fingerprint density at radius 3 is 2.80 bits per heavy atom. The first-order valence-corrected chi connectivity index (χ1v) is 4.05. The van der Waals surface area contributed by atoms with Gasteiger partial charge in [-0.15, -0.1) is 4.67 Å². The van der Waals surface area contributed by atoms with Crippen LogP contribution in [0.25, 0.3) is 0 Å². The second kappa shape index (κ2) is 4.46. The predicted octanol–water partition coefficient (Wildman–Crippen LogP) is 1.21. The molecule has 0 aliphatic rings. The molecule has 0 aliphatic heterocycles. The summed E-state index contributed by atoms with van der Waals surface area (Å²) in [5, 5.41) is 0. The molecular formula is C4H9O5P. The lowest BCUT2D eigenvalue weighted by Gasteiger charge is -2.06. The van der Waals surface area contributed by atoms with Gasteiger partial charge in [-0.05, 0) is 6.92 Å². The Morgan fingerprint density at radius 2 is 2.40 bits per heavy atom. The number of hydrogen-bond donors (Lipinski definition) is 1. The Bertz CT molecular complexity index is 145. The van der Waals surface area contributed by atoms with Crippen molar-refractivity contribution in [2.45, 2.75) is 6.92 Å². The molecule has 0 spiro atoms. The maximum absolute atomic E-state index is 10.5. The van der Waals surface area contributed by atoms with Crippen LogP contribution in [0.1, 0.15) is 6.92 Å². The van der Waals surface area contributed by atoms with Gasteiger partial charge in [0.15, 0.2) is 0 Å². The van der Waals surface area contributed by atoms with Crippen molar-refractivity contribution >= 4 is 7.82 Å². The molecule has 5 nitrogen and oxygen atoms in total. The Labute approximate surface area is 58.8 Å². The molecule has 0 amide bonds. The molecule has 0 saturated carbocycles. The Kier molecular flexibility index (Phi) is 4.31. The molecule has 0 heterocycles.